The van der Waals surface area contributed by atoms with Gasteiger partial charge >= 0.3 is 5.95 Å². The number of aromatic nitrogens is 3. The Morgan fingerprint density at radius 2 is 1.54 bits per heavy atom. The number of nitrogens with one attached hydrogen (secondary N) is 1. The van der Waals surface area contributed by atoms with Gasteiger partial charge in [0.05, 0.1) is 27.3 Å². The van der Waals surface area contributed by atoms with Gasteiger partial charge in [-0.1, -0.05) is 24.3 Å². The SMILES string of the molecule is COc1ccc(CNCc2nc([N+](=O)[O-])nn2Cc2ccc(OC)cc2)cc1. The number of methoxy groups -OCH3 is 2. The van der Waals surface area contributed by atoms with Gasteiger partial charge in [0.1, 0.15) is 11.5 Å². The first kappa shape index (κ1) is 19.3. The van der Waals surface area contributed by atoms with E-state index in [1.807, 2.05) is 48.5 Å². The van der Waals surface area contributed by atoms with Crippen molar-refractivity contribution in [2.24, 2.45) is 0 Å². The van der Waals surface area contributed by atoms with Crippen molar-refractivity contribution >= 4 is 5.95 Å². The van der Waals surface area contributed by atoms with Gasteiger partial charge in [-0.2, -0.15) is 4.68 Å². The fraction of sp³-hybridized carbons (Fsp3) is 0.263. The molecule has 9 heteroatoms. The lowest BCUT2D eigenvalue weighted by Crippen LogP contribution is -2.17. The highest BCUT2D eigenvalue weighted by Gasteiger charge is 2.21. The molecule has 1 aromatic heterocycles. The molecule has 0 radical (unpaired) electrons. The summed E-state index contributed by atoms with van der Waals surface area (Å²) in [7, 11) is 3.22. The molecular formula is C19H21N5O4. The third kappa shape index (κ3) is 4.83. The summed E-state index contributed by atoms with van der Waals surface area (Å²) in [6.07, 6.45) is 0. The largest absolute Gasteiger partial charge is 0.497 e. The van der Waals surface area contributed by atoms with Crippen LogP contribution in [0.1, 0.15) is 17.0 Å². The van der Waals surface area contributed by atoms with Crippen molar-refractivity contribution in [2.75, 3.05) is 14.2 Å². The van der Waals surface area contributed by atoms with Gasteiger partial charge in [0.15, 0.2) is 0 Å². The molecule has 0 bridgehead atoms. The summed E-state index contributed by atoms with van der Waals surface area (Å²) in [5, 5.41) is 18.3. The molecular weight excluding hydrogens is 362 g/mol. The van der Waals surface area contributed by atoms with Crippen LogP contribution in [0.3, 0.4) is 0 Å². The normalized spacial score (nSPS) is 10.6. The van der Waals surface area contributed by atoms with E-state index in [0.717, 1.165) is 22.6 Å². The lowest BCUT2D eigenvalue weighted by molar-refractivity contribution is -0.394. The molecule has 1 N–H and O–H groups in total. The van der Waals surface area contributed by atoms with Gasteiger partial charge in [-0.3, -0.25) is 0 Å². The van der Waals surface area contributed by atoms with Crippen LogP contribution >= 0.6 is 0 Å². The Morgan fingerprint density at radius 1 is 0.964 bits per heavy atom. The van der Waals surface area contributed by atoms with Crippen LogP contribution in [0, 0.1) is 10.1 Å². The number of hydrogen-bond donors (Lipinski definition) is 1. The summed E-state index contributed by atoms with van der Waals surface area (Å²) in [4.78, 5) is 14.5. The lowest BCUT2D eigenvalue weighted by atomic mass is 10.2. The van der Waals surface area contributed by atoms with Gasteiger partial charge in [0, 0.05) is 11.6 Å². The molecule has 0 fully saturated rings. The van der Waals surface area contributed by atoms with Crippen molar-refractivity contribution in [2.45, 2.75) is 19.6 Å². The molecule has 3 aromatic rings. The third-order valence-corrected chi connectivity index (χ3v) is 4.16. The van der Waals surface area contributed by atoms with Crippen molar-refractivity contribution in [1.82, 2.24) is 20.1 Å². The highest BCUT2D eigenvalue weighted by Crippen LogP contribution is 2.15. The van der Waals surface area contributed by atoms with Crippen molar-refractivity contribution in [3.8, 4) is 11.5 Å². The molecule has 1 heterocycles. The number of nitro groups is 1. The fourth-order valence-corrected chi connectivity index (χ4v) is 2.66. The topological polar surface area (TPSA) is 104 Å². The molecule has 0 aliphatic carbocycles. The number of benzene rings is 2. The standard InChI is InChI=1S/C19H21N5O4/c1-27-16-7-3-14(4-8-16)11-20-12-18-21-19(24(25)26)22-23(18)13-15-5-9-17(28-2)10-6-15/h3-10,20H,11-13H2,1-2H3. The second-order valence-corrected chi connectivity index (χ2v) is 6.04. The van der Waals surface area contributed by atoms with Crippen molar-refractivity contribution < 1.29 is 14.4 Å². The summed E-state index contributed by atoms with van der Waals surface area (Å²) < 4.78 is 11.8. The molecule has 0 spiro atoms. The van der Waals surface area contributed by atoms with Gasteiger partial charge in [-0.05, 0) is 45.3 Å². The van der Waals surface area contributed by atoms with E-state index in [9.17, 15) is 10.1 Å². The molecule has 0 aliphatic heterocycles. The summed E-state index contributed by atoms with van der Waals surface area (Å²) in [5.41, 5.74) is 2.01. The van der Waals surface area contributed by atoms with Gasteiger partial charge in [-0.25, -0.2) is 0 Å². The van der Waals surface area contributed by atoms with Crippen LogP contribution in [-0.4, -0.2) is 33.9 Å². The predicted molar refractivity (Wildman–Crippen MR) is 102 cm³/mol. The molecule has 0 unspecified atom stereocenters. The zero-order valence-electron chi connectivity index (χ0n) is 15.7. The monoisotopic (exact) mass is 383 g/mol. The number of ether oxygens (including phenoxy) is 2. The quantitative estimate of drug-likeness (QED) is 0.447. The Balaban J connectivity index is 1.68. The molecule has 28 heavy (non-hydrogen) atoms. The second kappa shape index (κ2) is 8.96. The van der Waals surface area contributed by atoms with E-state index in [0.29, 0.717) is 25.5 Å². The summed E-state index contributed by atoms with van der Waals surface area (Å²) >= 11 is 0. The highest BCUT2D eigenvalue weighted by atomic mass is 16.6. The van der Waals surface area contributed by atoms with E-state index >= 15 is 0 Å². The summed E-state index contributed by atoms with van der Waals surface area (Å²) in [6, 6.07) is 15.1. The zero-order chi connectivity index (χ0) is 19.9. The molecule has 146 valence electrons. The average molecular weight is 383 g/mol. The van der Waals surface area contributed by atoms with Crippen LogP contribution in [0.15, 0.2) is 48.5 Å². The van der Waals surface area contributed by atoms with Crippen LogP contribution in [0.4, 0.5) is 5.95 Å². The van der Waals surface area contributed by atoms with Gasteiger partial charge in [0.2, 0.25) is 5.82 Å². The minimum absolute atomic E-state index is 0.350. The molecule has 0 atom stereocenters. The van der Waals surface area contributed by atoms with Crippen molar-refractivity contribution in [3.05, 3.63) is 75.6 Å². The van der Waals surface area contributed by atoms with Crippen LogP contribution in [-0.2, 0) is 19.6 Å². The summed E-state index contributed by atoms with van der Waals surface area (Å²) in [5.74, 6) is 1.62. The smallest absolute Gasteiger partial charge is 0.491 e. The third-order valence-electron chi connectivity index (χ3n) is 4.16. The minimum Gasteiger partial charge on any atom is -0.497 e. The Kier molecular flexibility index (Phi) is 6.18. The molecule has 3 rings (SSSR count). The Morgan fingerprint density at radius 3 is 2.07 bits per heavy atom. The number of rotatable bonds is 9. The maximum atomic E-state index is 11.1. The van der Waals surface area contributed by atoms with E-state index in [1.54, 1.807) is 18.9 Å². The highest BCUT2D eigenvalue weighted by molar-refractivity contribution is 5.28. The van der Waals surface area contributed by atoms with Crippen LogP contribution < -0.4 is 14.8 Å². The Hall–Kier alpha value is -3.46. The number of nitrogens with zero attached hydrogens (tertiary/aromatic N) is 4. The minimum atomic E-state index is -0.586. The van der Waals surface area contributed by atoms with Gasteiger partial charge in [-0.15, -0.1) is 0 Å². The van der Waals surface area contributed by atoms with Gasteiger partial charge < -0.3 is 24.9 Å². The van der Waals surface area contributed by atoms with E-state index in [2.05, 4.69) is 15.4 Å². The molecule has 2 aromatic carbocycles. The average Bonchev–Trinajstić information content (AvgIpc) is 3.12. The first-order valence-corrected chi connectivity index (χ1v) is 8.63. The Bertz CT molecular complexity index is 923. The molecule has 0 saturated heterocycles. The van der Waals surface area contributed by atoms with E-state index in [4.69, 9.17) is 9.47 Å². The molecule has 0 aliphatic rings. The zero-order valence-corrected chi connectivity index (χ0v) is 15.7. The van der Waals surface area contributed by atoms with E-state index < -0.39 is 10.9 Å². The van der Waals surface area contributed by atoms with E-state index in [1.165, 1.54) is 0 Å². The van der Waals surface area contributed by atoms with Gasteiger partial charge in [0.25, 0.3) is 0 Å². The number of hydrogen-bond acceptors (Lipinski definition) is 7. The van der Waals surface area contributed by atoms with E-state index in [-0.39, 0.29) is 0 Å². The first-order valence-electron chi connectivity index (χ1n) is 8.63. The first-order chi connectivity index (χ1) is 13.6. The summed E-state index contributed by atoms with van der Waals surface area (Å²) in [6.45, 7) is 1.32. The lowest BCUT2D eigenvalue weighted by Gasteiger charge is -2.06. The van der Waals surface area contributed by atoms with Crippen molar-refractivity contribution in [3.63, 3.8) is 0 Å². The molecule has 0 amide bonds. The second-order valence-electron chi connectivity index (χ2n) is 6.04. The molecule has 0 saturated carbocycles. The maximum absolute atomic E-state index is 11.1. The molecule has 9 nitrogen and oxygen atoms in total. The van der Waals surface area contributed by atoms with Crippen LogP contribution in [0.2, 0.25) is 0 Å². The Labute approximate surface area is 162 Å². The fourth-order valence-electron chi connectivity index (χ4n) is 2.66. The van der Waals surface area contributed by atoms with Crippen LogP contribution in [0.25, 0.3) is 0 Å². The predicted octanol–water partition coefficient (Wildman–Crippen LogP) is 2.54. The van der Waals surface area contributed by atoms with Crippen molar-refractivity contribution in [1.29, 1.82) is 0 Å². The maximum Gasteiger partial charge on any atom is 0.491 e. The van der Waals surface area contributed by atoms with Crippen LogP contribution in [0.5, 0.6) is 11.5 Å².